The highest BCUT2D eigenvalue weighted by molar-refractivity contribution is 5.69. The Kier molecular flexibility index (Phi) is 1.64. The molecule has 3 aromatic rings. The van der Waals surface area contributed by atoms with Crippen LogP contribution in [0.4, 0.5) is 10.2 Å². The SMILES string of the molecule is Nc1nn2cc(F)cnc2c1-n1ccnn1. The van der Waals surface area contributed by atoms with Crippen LogP contribution in [0.1, 0.15) is 0 Å². The fourth-order valence-corrected chi connectivity index (χ4v) is 1.46. The predicted octanol–water partition coefficient (Wildman–Crippen LogP) is 0.0313. The van der Waals surface area contributed by atoms with Gasteiger partial charge in [0, 0.05) is 0 Å². The van der Waals surface area contributed by atoms with Gasteiger partial charge in [-0.2, -0.15) is 0 Å². The van der Waals surface area contributed by atoms with Crippen LogP contribution in [-0.2, 0) is 0 Å². The molecular formula is C8H6FN7. The van der Waals surface area contributed by atoms with Gasteiger partial charge in [-0.15, -0.1) is 10.2 Å². The number of nitrogens with two attached hydrogens (primary N) is 1. The van der Waals surface area contributed by atoms with Crippen molar-refractivity contribution in [3.8, 4) is 5.69 Å². The Labute approximate surface area is 88.3 Å². The molecule has 0 aliphatic rings. The monoisotopic (exact) mass is 219 g/mol. The largest absolute Gasteiger partial charge is 0.380 e. The number of nitrogens with zero attached hydrogens (tertiary/aromatic N) is 6. The third kappa shape index (κ3) is 1.13. The molecule has 0 bridgehead atoms. The first-order chi connectivity index (χ1) is 7.75. The molecule has 3 aromatic heterocycles. The Morgan fingerprint density at radius 1 is 1.38 bits per heavy atom. The van der Waals surface area contributed by atoms with Crippen LogP contribution in [0.3, 0.4) is 0 Å². The van der Waals surface area contributed by atoms with Crippen molar-refractivity contribution < 1.29 is 4.39 Å². The van der Waals surface area contributed by atoms with Gasteiger partial charge in [-0.05, 0) is 0 Å². The Balaban J connectivity index is 2.36. The first kappa shape index (κ1) is 8.77. The van der Waals surface area contributed by atoms with E-state index in [1.165, 1.54) is 21.6 Å². The lowest BCUT2D eigenvalue weighted by molar-refractivity contribution is 0.607. The first-order valence-corrected chi connectivity index (χ1v) is 4.42. The maximum absolute atomic E-state index is 12.9. The van der Waals surface area contributed by atoms with E-state index in [1.54, 1.807) is 6.20 Å². The second-order valence-electron chi connectivity index (χ2n) is 3.12. The molecule has 16 heavy (non-hydrogen) atoms. The van der Waals surface area contributed by atoms with Gasteiger partial charge >= 0.3 is 0 Å². The van der Waals surface area contributed by atoms with Crippen LogP contribution in [0.15, 0.2) is 24.8 Å². The first-order valence-electron chi connectivity index (χ1n) is 4.42. The van der Waals surface area contributed by atoms with Gasteiger partial charge in [0.25, 0.3) is 0 Å². The zero-order valence-electron chi connectivity index (χ0n) is 7.95. The molecule has 0 fully saturated rings. The summed E-state index contributed by atoms with van der Waals surface area (Å²) in [5.74, 6) is -0.274. The Bertz CT molecular complexity index is 642. The second kappa shape index (κ2) is 2.99. The van der Waals surface area contributed by atoms with Crippen molar-refractivity contribution in [2.75, 3.05) is 5.73 Å². The van der Waals surface area contributed by atoms with Gasteiger partial charge in [0.2, 0.25) is 0 Å². The molecule has 0 spiro atoms. The number of nitrogen functional groups attached to an aromatic ring is 1. The van der Waals surface area contributed by atoms with E-state index < -0.39 is 5.82 Å². The summed E-state index contributed by atoms with van der Waals surface area (Å²) < 4.78 is 15.6. The molecule has 0 aromatic carbocycles. The maximum Gasteiger partial charge on any atom is 0.183 e. The summed E-state index contributed by atoms with van der Waals surface area (Å²) in [6, 6.07) is 0. The van der Waals surface area contributed by atoms with E-state index in [0.29, 0.717) is 11.3 Å². The highest BCUT2D eigenvalue weighted by atomic mass is 19.1. The molecule has 80 valence electrons. The molecule has 8 heteroatoms. The molecule has 0 saturated carbocycles. The Morgan fingerprint density at radius 3 is 3.00 bits per heavy atom. The van der Waals surface area contributed by atoms with Crippen LogP contribution in [0.25, 0.3) is 11.3 Å². The van der Waals surface area contributed by atoms with Gasteiger partial charge in [0.1, 0.15) is 0 Å². The van der Waals surface area contributed by atoms with Crippen LogP contribution >= 0.6 is 0 Å². The summed E-state index contributed by atoms with van der Waals surface area (Å²) in [6.45, 7) is 0. The predicted molar refractivity (Wildman–Crippen MR) is 52.3 cm³/mol. The van der Waals surface area contributed by atoms with Gasteiger partial charge in [-0.3, -0.25) is 0 Å². The Hall–Kier alpha value is -2.51. The number of rotatable bonds is 1. The Morgan fingerprint density at radius 2 is 2.25 bits per heavy atom. The van der Waals surface area contributed by atoms with E-state index in [0.717, 1.165) is 6.20 Å². The summed E-state index contributed by atoms with van der Waals surface area (Å²) >= 11 is 0. The fourth-order valence-electron chi connectivity index (χ4n) is 1.46. The summed E-state index contributed by atoms with van der Waals surface area (Å²) in [5, 5.41) is 11.4. The van der Waals surface area contributed by atoms with Gasteiger partial charge in [-0.1, -0.05) is 5.21 Å². The topological polar surface area (TPSA) is 86.9 Å². The summed E-state index contributed by atoms with van der Waals surface area (Å²) in [5.41, 5.74) is 6.62. The van der Waals surface area contributed by atoms with Crippen molar-refractivity contribution in [3.63, 3.8) is 0 Å². The summed E-state index contributed by atoms with van der Waals surface area (Å²) in [6.07, 6.45) is 5.40. The minimum atomic E-state index is -0.486. The average molecular weight is 219 g/mol. The van der Waals surface area contributed by atoms with E-state index in [9.17, 15) is 4.39 Å². The lowest BCUT2D eigenvalue weighted by Crippen LogP contribution is -1.99. The van der Waals surface area contributed by atoms with E-state index in [-0.39, 0.29) is 5.82 Å². The van der Waals surface area contributed by atoms with Gasteiger partial charge in [0.05, 0.1) is 24.8 Å². The van der Waals surface area contributed by atoms with Crippen molar-refractivity contribution in [2.24, 2.45) is 0 Å². The molecule has 2 N–H and O–H groups in total. The van der Waals surface area contributed by atoms with Gasteiger partial charge < -0.3 is 5.73 Å². The zero-order chi connectivity index (χ0) is 11.1. The van der Waals surface area contributed by atoms with Crippen LogP contribution in [0.5, 0.6) is 0 Å². The lowest BCUT2D eigenvalue weighted by Gasteiger charge is -1.97. The van der Waals surface area contributed by atoms with E-state index in [1.807, 2.05) is 0 Å². The molecule has 7 nitrogen and oxygen atoms in total. The van der Waals surface area contributed by atoms with Crippen LogP contribution in [0, 0.1) is 5.82 Å². The molecule has 0 aliphatic heterocycles. The number of anilines is 1. The molecule has 0 unspecified atom stereocenters. The van der Waals surface area contributed by atoms with Crippen molar-refractivity contribution in [1.29, 1.82) is 0 Å². The molecule has 0 radical (unpaired) electrons. The summed E-state index contributed by atoms with van der Waals surface area (Å²) in [4.78, 5) is 3.91. The number of halogens is 1. The fraction of sp³-hybridized carbons (Fsp3) is 0. The molecule has 3 rings (SSSR count). The second-order valence-corrected chi connectivity index (χ2v) is 3.12. The maximum atomic E-state index is 12.9. The van der Waals surface area contributed by atoms with Crippen molar-refractivity contribution >= 4 is 11.5 Å². The third-order valence-electron chi connectivity index (χ3n) is 2.09. The van der Waals surface area contributed by atoms with Gasteiger partial charge in [-0.25, -0.2) is 18.6 Å². The quantitative estimate of drug-likeness (QED) is 0.624. The molecule has 3 heterocycles. The minimum absolute atomic E-state index is 0.212. The minimum Gasteiger partial charge on any atom is -0.380 e. The number of hydrogen-bond acceptors (Lipinski definition) is 5. The average Bonchev–Trinajstić information content (AvgIpc) is 2.83. The van der Waals surface area contributed by atoms with E-state index >= 15 is 0 Å². The van der Waals surface area contributed by atoms with Crippen molar-refractivity contribution in [2.45, 2.75) is 0 Å². The number of aromatic nitrogens is 6. The highest BCUT2D eigenvalue weighted by Crippen LogP contribution is 2.19. The molecule has 0 amide bonds. The molecular weight excluding hydrogens is 213 g/mol. The van der Waals surface area contributed by atoms with E-state index in [4.69, 9.17) is 5.73 Å². The van der Waals surface area contributed by atoms with Crippen LogP contribution in [0.2, 0.25) is 0 Å². The van der Waals surface area contributed by atoms with Crippen molar-refractivity contribution in [3.05, 3.63) is 30.6 Å². The van der Waals surface area contributed by atoms with Crippen molar-refractivity contribution in [1.82, 2.24) is 29.6 Å². The van der Waals surface area contributed by atoms with E-state index in [2.05, 4.69) is 20.4 Å². The molecule has 0 atom stereocenters. The normalized spacial score (nSPS) is 11.1. The number of fused-ring (bicyclic) bond motifs is 1. The zero-order valence-corrected chi connectivity index (χ0v) is 7.95. The standard InChI is InChI=1S/C8H6FN7/c9-5-3-11-8-6(15-2-1-12-14-15)7(10)13-16(8)4-5/h1-4H,(H2,10,13). The summed E-state index contributed by atoms with van der Waals surface area (Å²) in [7, 11) is 0. The smallest absolute Gasteiger partial charge is 0.183 e. The third-order valence-corrected chi connectivity index (χ3v) is 2.09. The lowest BCUT2D eigenvalue weighted by atomic mass is 10.5. The van der Waals surface area contributed by atoms with Crippen LogP contribution in [-0.4, -0.2) is 29.6 Å². The van der Waals surface area contributed by atoms with Crippen LogP contribution < -0.4 is 5.73 Å². The van der Waals surface area contributed by atoms with Gasteiger partial charge in [0.15, 0.2) is 23.0 Å². The highest BCUT2D eigenvalue weighted by Gasteiger charge is 2.14. The number of hydrogen-bond donors (Lipinski definition) is 1. The molecule has 0 saturated heterocycles. The molecule has 0 aliphatic carbocycles.